The zero-order chi connectivity index (χ0) is 12.3. The Labute approximate surface area is 105 Å². The van der Waals surface area contributed by atoms with Crippen molar-refractivity contribution in [3.05, 3.63) is 0 Å². The summed E-state index contributed by atoms with van der Waals surface area (Å²) in [7, 11) is 0. The van der Waals surface area contributed by atoms with Crippen LogP contribution in [0.15, 0.2) is 0 Å². The van der Waals surface area contributed by atoms with E-state index in [9.17, 15) is 4.79 Å². The molecule has 1 saturated heterocycles. The van der Waals surface area contributed by atoms with Gasteiger partial charge in [0, 0.05) is 19.5 Å². The van der Waals surface area contributed by atoms with Crippen molar-refractivity contribution < 1.29 is 4.79 Å². The third-order valence-electron chi connectivity index (χ3n) is 4.21. The summed E-state index contributed by atoms with van der Waals surface area (Å²) in [5, 5.41) is 0. The Hall–Kier alpha value is -0.570. The molecule has 2 rings (SSSR count). The van der Waals surface area contributed by atoms with E-state index in [1.54, 1.807) is 0 Å². The summed E-state index contributed by atoms with van der Waals surface area (Å²) in [6, 6.07) is 0. The minimum Gasteiger partial charge on any atom is -0.339 e. The molecule has 0 spiro atoms. The average Bonchev–Trinajstić information content (AvgIpc) is 3.08. The van der Waals surface area contributed by atoms with Crippen molar-refractivity contribution in [1.82, 2.24) is 4.90 Å². The molecule has 2 aliphatic rings. The summed E-state index contributed by atoms with van der Waals surface area (Å²) in [6.45, 7) is 3.83. The molecular weight excluding hydrogens is 212 g/mol. The molecule has 1 amide bonds. The van der Waals surface area contributed by atoms with Gasteiger partial charge in [-0.1, -0.05) is 32.6 Å². The number of likely N-dealkylation sites (tertiary alicyclic amines) is 1. The van der Waals surface area contributed by atoms with Crippen LogP contribution < -0.4 is 5.73 Å². The van der Waals surface area contributed by atoms with E-state index in [0.29, 0.717) is 11.8 Å². The minimum absolute atomic E-state index is 0.0160. The Bertz CT molecular complexity index is 267. The van der Waals surface area contributed by atoms with Crippen molar-refractivity contribution in [2.45, 2.75) is 63.8 Å². The van der Waals surface area contributed by atoms with E-state index in [0.717, 1.165) is 25.9 Å². The summed E-state index contributed by atoms with van der Waals surface area (Å²) in [6.07, 6.45) is 9.35. The Kier molecular flexibility index (Phi) is 4.08. The molecule has 3 heteroatoms. The molecule has 98 valence electrons. The molecular formula is C14H26N2O. The summed E-state index contributed by atoms with van der Waals surface area (Å²) in [5.41, 5.74) is 6.22. The fraction of sp³-hybridized carbons (Fsp3) is 0.929. The van der Waals surface area contributed by atoms with Gasteiger partial charge in [-0.05, 0) is 25.2 Å². The van der Waals surface area contributed by atoms with Crippen LogP contribution in [0.4, 0.5) is 0 Å². The number of carbonyl (C=O) groups is 1. The average molecular weight is 238 g/mol. The van der Waals surface area contributed by atoms with E-state index in [-0.39, 0.29) is 5.54 Å². The van der Waals surface area contributed by atoms with Gasteiger partial charge in [-0.3, -0.25) is 4.79 Å². The molecule has 0 aromatic carbocycles. The lowest BCUT2D eigenvalue weighted by molar-refractivity contribution is -0.139. The second-order valence-corrected chi connectivity index (χ2v) is 5.92. The molecule has 0 aromatic rings. The van der Waals surface area contributed by atoms with Crippen molar-refractivity contribution in [1.29, 1.82) is 0 Å². The van der Waals surface area contributed by atoms with E-state index in [2.05, 4.69) is 6.92 Å². The third-order valence-corrected chi connectivity index (χ3v) is 4.21. The van der Waals surface area contributed by atoms with Gasteiger partial charge in [-0.15, -0.1) is 0 Å². The van der Waals surface area contributed by atoms with Gasteiger partial charge >= 0.3 is 0 Å². The van der Waals surface area contributed by atoms with Gasteiger partial charge < -0.3 is 10.6 Å². The SMILES string of the molecule is CCCCCCCC(=O)N1CC(N)(C2CC2)C1. The molecule has 1 aliphatic heterocycles. The van der Waals surface area contributed by atoms with Gasteiger partial charge in [0.15, 0.2) is 0 Å². The molecule has 0 aromatic heterocycles. The predicted octanol–water partition coefficient (Wildman–Crippen LogP) is 2.30. The van der Waals surface area contributed by atoms with Gasteiger partial charge in [0.2, 0.25) is 5.91 Å². The third kappa shape index (κ3) is 3.21. The number of nitrogens with two attached hydrogens (primary N) is 1. The molecule has 0 unspecified atom stereocenters. The van der Waals surface area contributed by atoms with Crippen LogP contribution in [0.1, 0.15) is 58.3 Å². The van der Waals surface area contributed by atoms with Gasteiger partial charge in [-0.25, -0.2) is 0 Å². The first-order valence-electron chi connectivity index (χ1n) is 7.22. The molecule has 17 heavy (non-hydrogen) atoms. The first-order valence-corrected chi connectivity index (χ1v) is 7.22. The van der Waals surface area contributed by atoms with Gasteiger partial charge in [0.25, 0.3) is 0 Å². The van der Waals surface area contributed by atoms with Crippen LogP contribution in [0.5, 0.6) is 0 Å². The number of unbranched alkanes of at least 4 members (excludes halogenated alkanes) is 4. The molecule has 1 aliphatic carbocycles. The van der Waals surface area contributed by atoms with Crippen LogP contribution >= 0.6 is 0 Å². The monoisotopic (exact) mass is 238 g/mol. The molecule has 1 heterocycles. The molecule has 0 atom stereocenters. The molecule has 2 fully saturated rings. The molecule has 1 saturated carbocycles. The Morgan fingerprint density at radius 2 is 1.88 bits per heavy atom. The fourth-order valence-corrected chi connectivity index (χ4v) is 2.80. The Balaban J connectivity index is 1.56. The van der Waals surface area contributed by atoms with Crippen molar-refractivity contribution in [2.24, 2.45) is 11.7 Å². The van der Waals surface area contributed by atoms with Crippen molar-refractivity contribution in [2.75, 3.05) is 13.1 Å². The molecule has 0 radical (unpaired) electrons. The van der Waals surface area contributed by atoms with Gasteiger partial charge in [0.1, 0.15) is 0 Å². The number of hydrogen-bond donors (Lipinski definition) is 1. The summed E-state index contributed by atoms with van der Waals surface area (Å²) < 4.78 is 0. The lowest BCUT2D eigenvalue weighted by Crippen LogP contribution is -2.69. The van der Waals surface area contributed by atoms with E-state index in [1.165, 1.54) is 38.5 Å². The van der Waals surface area contributed by atoms with E-state index in [1.807, 2.05) is 4.90 Å². The quantitative estimate of drug-likeness (QED) is 0.692. The lowest BCUT2D eigenvalue weighted by Gasteiger charge is -2.48. The standard InChI is InChI=1S/C14H26N2O/c1-2-3-4-5-6-7-13(17)16-10-14(15,11-16)12-8-9-12/h12H,2-11,15H2,1H3. The topological polar surface area (TPSA) is 46.3 Å². The fourth-order valence-electron chi connectivity index (χ4n) is 2.80. The Morgan fingerprint density at radius 1 is 1.24 bits per heavy atom. The molecule has 3 nitrogen and oxygen atoms in total. The van der Waals surface area contributed by atoms with Crippen LogP contribution in [0.3, 0.4) is 0 Å². The zero-order valence-electron chi connectivity index (χ0n) is 11.1. The van der Waals surface area contributed by atoms with E-state index < -0.39 is 0 Å². The van der Waals surface area contributed by atoms with Crippen molar-refractivity contribution >= 4 is 5.91 Å². The van der Waals surface area contributed by atoms with Gasteiger partial charge in [-0.2, -0.15) is 0 Å². The second-order valence-electron chi connectivity index (χ2n) is 5.92. The first kappa shape index (κ1) is 12.9. The number of hydrogen-bond acceptors (Lipinski definition) is 2. The van der Waals surface area contributed by atoms with Crippen molar-refractivity contribution in [3.63, 3.8) is 0 Å². The number of nitrogens with zero attached hydrogens (tertiary/aromatic N) is 1. The first-order chi connectivity index (χ1) is 8.15. The van der Waals surface area contributed by atoms with Gasteiger partial charge in [0.05, 0.1) is 5.54 Å². The van der Waals surface area contributed by atoms with Crippen LogP contribution in [0, 0.1) is 5.92 Å². The second kappa shape index (κ2) is 5.38. The zero-order valence-corrected chi connectivity index (χ0v) is 11.1. The number of amides is 1. The van der Waals surface area contributed by atoms with Crippen LogP contribution in [0.2, 0.25) is 0 Å². The van der Waals surface area contributed by atoms with Crippen molar-refractivity contribution in [3.8, 4) is 0 Å². The highest BCUT2D eigenvalue weighted by atomic mass is 16.2. The van der Waals surface area contributed by atoms with E-state index >= 15 is 0 Å². The highest BCUT2D eigenvalue weighted by Crippen LogP contribution is 2.43. The van der Waals surface area contributed by atoms with E-state index in [4.69, 9.17) is 5.73 Å². The highest BCUT2D eigenvalue weighted by molar-refractivity contribution is 5.77. The largest absolute Gasteiger partial charge is 0.339 e. The predicted molar refractivity (Wildman–Crippen MR) is 69.6 cm³/mol. The molecule has 0 bridgehead atoms. The maximum atomic E-state index is 11.9. The summed E-state index contributed by atoms with van der Waals surface area (Å²) >= 11 is 0. The minimum atomic E-state index is -0.0160. The number of carbonyl (C=O) groups excluding carboxylic acids is 1. The molecule has 2 N–H and O–H groups in total. The maximum absolute atomic E-state index is 11.9. The Morgan fingerprint density at radius 3 is 2.47 bits per heavy atom. The van der Waals surface area contributed by atoms with Crippen LogP contribution in [-0.4, -0.2) is 29.4 Å². The number of rotatable bonds is 7. The highest BCUT2D eigenvalue weighted by Gasteiger charge is 2.51. The maximum Gasteiger partial charge on any atom is 0.222 e. The summed E-state index contributed by atoms with van der Waals surface area (Å²) in [4.78, 5) is 13.8. The smallest absolute Gasteiger partial charge is 0.222 e. The van der Waals surface area contributed by atoms with Crippen LogP contribution in [-0.2, 0) is 4.79 Å². The summed E-state index contributed by atoms with van der Waals surface area (Å²) in [5.74, 6) is 1.03. The normalized spacial score (nSPS) is 22.4. The lowest BCUT2D eigenvalue weighted by atomic mass is 9.85. The van der Waals surface area contributed by atoms with Crippen LogP contribution in [0.25, 0.3) is 0 Å².